The topological polar surface area (TPSA) is 52.6 Å². The van der Waals surface area contributed by atoms with Crippen molar-refractivity contribution in [2.75, 3.05) is 6.61 Å². The van der Waals surface area contributed by atoms with Gasteiger partial charge in [-0.1, -0.05) is 61.3 Å². The van der Waals surface area contributed by atoms with Crippen LogP contribution < -0.4 is 0 Å². The average molecular weight is 347 g/mol. The fraction of sp³-hybridized carbons (Fsp3) is 0.263. The fourth-order valence-corrected chi connectivity index (χ4v) is 2.25. The van der Waals surface area contributed by atoms with Crippen molar-refractivity contribution < 1.29 is 19.1 Å². The van der Waals surface area contributed by atoms with Crippen molar-refractivity contribution in [2.24, 2.45) is 0 Å². The van der Waals surface area contributed by atoms with Crippen LogP contribution in [-0.4, -0.2) is 18.5 Å². The van der Waals surface area contributed by atoms with Gasteiger partial charge >= 0.3 is 11.9 Å². The molecule has 0 spiro atoms. The van der Waals surface area contributed by atoms with Crippen LogP contribution in [0.2, 0.25) is 5.02 Å². The molecule has 24 heavy (non-hydrogen) atoms. The third kappa shape index (κ3) is 5.10. The zero-order valence-electron chi connectivity index (χ0n) is 13.4. The number of ether oxygens (including phenoxy) is 2. The molecule has 1 atom stereocenters. The SMILES string of the molecule is CCCCOC(=O)C(OC(=O)c1cccc(Cl)c1)c1ccccc1. The van der Waals surface area contributed by atoms with Crippen LogP contribution in [0, 0.1) is 0 Å². The van der Waals surface area contributed by atoms with Gasteiger partial charge in [-0.2, -0.15) is 0 Å². The van der Waals surface area contributed by atoms with E-state index in [4.69, 9.17) is 21.1 Å². The lowest BCUT2D eigenvalue weighted by molar-refractivity contribution is -0.154. The second-order valence-electron chi connectivity index (χ2n) is 5.23. The summed E-state index contributed by atoms with van der Waals surface area (Å²) >= 11 is 5.89. The Bertz CT molecular complexity index is 685. The summed E-state index contributed by atoms with van der Waals surface area (Å²) in [6.45, 7) is 2.30. The van der Waals surface area contributed by atoms with Crippen molar-refractivity contribution >= 4 is 23.5 Å². The fourth-order valence-electron chi connectivity index (χ4n) is 2.06. The summed E-state index contributed by atoms with van der Waals surface area (Å²) in [5.41, 5.74) is 0.846. The van der Waals surface area contributed by atoms with E-state index >= 15 is 0 Å². The van der Waals surface area contributed by atoms with Crippen molar-refractivity contribution in [3.05, 3.63) is 70.7 Å². The summed E-state index contributed by atoms with van der Waals surface area (Å²) in [6.07, 6.45) is 0.565. The molecule has 0 aliphatic carbocycles. The predicted molar refractivity (Wildman–Crippen MR) is 91.9 cm³/mol. The summed E-state index contributed by atoms with van der Waals surface area (Å²) in [4.78, 5) is 24.7. The lowest BCUT2D eigenvalue weighted by Crippen LogP contribution is -2.22. The van der Waals surface area contributed by atoms with Crippen molar-refractivity contribution in [3.63, 3.8) is 0 Å². The van der Waals surface area contributed by atoms with E-state index in [-0.39, 0.29) is 5.56 Å². The summed E-state index contributed by atoms with van der Waals surface area (Å²) in [7, 11) is 0. The minimum absolute atomic E-state index is 0.282. The molecule has 0 N–H and O–H groups in total. The van der Waals surface area contributed by atoms with Gasteiger partial charge in [-0.15, -0.1) is 0 Å². The van der Waals surface area contributed by atoms with Gasteiger partial charge in [0.25, 0.3) is 0 Å². The highest BCUT2D eigenvalue weighted by molar-refractivity contribution is 6.30. The molecule has 1 unspecified atom stereocenters. The maximum atomic E-state index is 12.3. The number of rotatable bonds is 7. The molecular formula is C19H19ClO4. The molecule has 0 saturated carbocycles. The van der Waals surface area contributed by atoms with Crippen LogP contribution in [0.1, 0.15) is 41.8 Å². The van der Waals surface area contributed by atoms with Gasteiger partial charge < -0.3 is 9.47 Å². The van der Waals surface area contributed by atoms with Gasteiger partial charge in [-0.3, -0.25) is 0 Å². The molecule has 126 valence electrons. The molecule has 0 radical (unpaired) electrons. The first-order valence-electron chi connectivity index (χ1n) is 7.80. The van der Waals surface area contributed by atoms with Crippen LogP contribution in [0.15, 0.2) is 54.6 Å². The van der Waals surface area contributed by atoms with E-state index in [1.165, 1.54) is 6.07 Å². The Morgan fingerprint density at radius 3 is 2.50 bits per heavy atom. The number of hydrogen-bond donors (Lipinski definition) is 0. The summed E-state index contributed by atoms with van der Waals surface area (Å²) < 4.78 is 10.6. The third-order valence-corrected chi connectivity index (χ3v) is 3.58. The van der Waals surface area contributed by atoms with Crippen LogP contribution in [0.25, 0.3) is 0 Å². The van der Waals surface area contributed by atoms with Gasteiger partial charge in [0.05, 0.1) is 12.2 Å². The maximum absolute atomic E-state index is 12.3. The standard InChI is InChI=1S/C19H19ClO4/c1-2-3-12-23-19(22)17(14-8-5-4-6-9-14)24-18(21)15-10-7-11-16(20)13-15/h4-11,13,17H,2-3,12H2,1H3. The van der Waals surface area contributed by atoms with Crippen LogP contribution in [0.4, 0.5) is 0 Å². The summed E-state index contributed by atoms with van der Waals surface area (Å²) in [6, 6.07) is 15.2. The lowest BCUT2D eigenvalue weighted by Gasteiger charge is -2.17. The Hall–Kier alpha value is -2.33. The molecule has 0 aliphatic heterocycles. The summed E-state index contributed by atoms with van der Waals surface area (Å²) in [5, 5.41) is 0.422. The quantitative estimate of drug-likeness (QED) is 0.544. The molecule has 0 saturated heterocycles. The molecule has 4 nitrogen and oxygen atoms in total. The Labute approximate surface area is 146 Å². The molecule has 0 fully saturated rings. The number of carbonyl (C=O) groups excluding carboxylic acids is 2. The van der Waals surface area contributed by atoms with Gasteiger partial charge in [0.1, 0.15) is 0 Å². The first kappa shape index (κ1) is 18.0. The van der Waals surface area contributed by atoms with E-state index in [1.807, 2.05) is 13.0 Å². The minimum Gasteiger partial charge on any atom is -0.463 e. The molecule has 0 heterocycles. The van der Waals surface area contributed by atoms with Crippen LogP contribution in [-0.2, 0) is 14.3 Å². The Kier molecular flexibility index (Phi) is 6.82. The second kappa shape index (κ2) is 9.08. The third-order valence-electron chi connectivity index (χ3n) is 3.34. The molecule has 0 amide bonds. The number of unbranched alkanes of at least 4 members (excludes halogenated alkanes) is 1. The Balaban J connectivity index is 2.16. The Morgan fingerprint density at radius 1 is 1.08 bits per heavy atom. The molecule has 5 heteroatoms. The van der Waals surface area contributed by atoms with E-state index in [2.05, 4.69) is 0 Å². The normalized spacial score (nSPS) is 11.6. The van der Waals surface area contributed by atoms with Crippen LogP contribution >= 0.6 is 11.6 Å². The van der Waals surface area contributed by atoms with Crippen LogP contribution in [0.3, 0.4) is 0 Å². The van der Waals surface area contributed by atoms with Gasteiger partial charge in [-0.05, 0) is 24.6 Å². The van der Waals surface area contributed by atoms with E-state index in [0.29, 0.717) is 17.2 Å². The predicted octanol–water partition coefficient (Wildman–Crippen LogP) is 4.58. The highest BCUT2D eigenvalue weighted by Gasteiger charge is 2.27. The Morgan fingerprint density at radius 2 is 1.83 bits per heavy atom. The average Bonchev–Trinajstić information content (AvgIpc) is 2.60. The molecule has 2 aromatic rings. The monoisotopic (exact) mass is 346 g/mol. The number of esters is 2. The number of benzene rings is 2. The molecular weight excluding hydrogens is 328 g/mol. The first-order valence-corrected chi connectivity index (χ1v) is 8.17. The zero-order chi connectivity index (χ0) is 17.4. The van der Waals surface area contributed by atoms with E-state index in [1.54, 1.807) is 42.5 Å². The highest BCUT2D eigenvalue weighted by Crippen LogP contribution is 2.22. The molecule has 0 aliphatic rings. The van der Waals surface area contributed by atoms with Crippen molar-refractivity contribution in [2.45, 2.75) is 25.9 Å². The van der Waals surface area contributed by atoms with E-state index < -0.39 is 18.0 Å². The molecule has 0 aromatic heterocycles. The second-order valence-corrected chi connectivity index (χ2v) is 5.66. The van der Waals surface area contributed by atoms with Gasteiger partial charge in [-0.25, -0.2) is 9.59 Å². The zero-order valence-corrected chi connectivity index (χ0v) is 14.2. The van der Waals surface area contributed by atoms with Gasteiger partial charge in [0.15, 0.2) is 0 Å². The first-order chi connectivity index (χ1) is 11.6. The lowest BCUT2D eigenvalue weighted by atomic mass is 10.1. The van der Waals surface area contributed by atoms with Crippen molar-refractivity contribution in [1.82, 2.24) is 0 Å². The molecule has 2 rings (SSSR count). The van der Waals surface area contributed by atoms with Gasteiger partial charge in [0.2, 0.25) is 6.10 Å². The molecule has 0 bridgehead atoms. The van der Waals surface area contributed by atoms with Crippen LogP contribution in [0.5, 0.6) is 0 Å². The number of carbonyl (C=O) groups is 2. The largest absolute Gasteiger partial charge is 0.463 e. The molecule has 2 aromatic carbocycles. The van der Waals surface area contributed by atoms with E-state index in [9.17, 15) is 9.59 Å². The van der Waals surface area contributed by atoms with E-state index in [0.717, 1.165) is 12.8 Å². The van der Waals surface area contributed by atoms with Crippen molar-refractivity contribution in [3.8, 4) is 0 Å². The van der Waals surface area contributed by atoms with Gasteiger partial charge in [0, 0.05) is 10.6 Å². The van der Waals surface area contributed by atoms with Crippen molar-refractivity contribution in [1.29, 1.82) is 0 Å². The smallest absolute Gasteiger partial charge is 0.352 e. The highest BCUT2D eigenvalue weighted by atomic mass is 35.5. The minimum atomic E-state index is -1.10. The number of halogens is 1. The summed E-state index contributed by atoms with van der Waals surface area (Å²) in [5.74, 6) is -1.20. The maximum Gasteiger partial charge on any atom is 0.352 e. The number of hydrogen-bond acceptors (Lipinski definition) is 4.